The molecule has 1 unspecified atom stereocenters. The molecule has 0 saturated carbocycles. The number of hydrogen-bond acceptors (Lipinski definition) is 5. The topological polar surface area (TPSA) is 70.1 Å². The number of aliphatic hydroxyl groups is 1. The second-order valence-corrected chi connectivity index (χ2v) is 8.51. The van der Waals surface area contributed by atoms with Gasteiger partial charge in [0.25, 0.3) is 11.7 Å². The van der Waals surface area contributed by atoms with Crippen LogP contribution in [0.5, 0.6) is 5.75 Å². The van der Waals surface area contributed by atoms with Gasteiger partial charge in [-0.05, 0) is 75.4 Å². The van der Waals surface area contributed by atoms with Crippen LogP contribution in [-0.4, -0.2) is 60.4 Å². The van der Waals surface area contributed by atoms with Crippen molar-refractivity contribution < 1.29 is 19.4 Å². The largest absolute Gasteiger partial charge is 0.507 e. The van der Waals surface area contributed by atoms with Crippen LogP contribution in [0.2, 0.25) is 5.02 Å². The van der Waals surface area contributed by atoms with Gasteiger partial charge < -0.3 is 19.6 Å². The molecule has 0 spiro atoms. The van der Waals surface area contributed by atoms with Gasteiger partial charge >= 0.3 is 0 Å². The molecule has 32 heavy (non-hydrogen) atoms. The number of aliphatic hydroxyl groups excluding tert-OH is 1. The van der Waals surface area contributed by atoms with Crippen molar-refractivity contribution in [1.29, 1.82) is 0 Å². The molecule has 1 saturated heterocycles. The minimum Gasteiger partial charge on any atom is -0.507 e. The first-order chi connectivity index (χ1) is 15.3. The number of ether oxygens (including phenoxy) is 1. The molecular formula is C25H29ClN2O4. The lowest BCUT2D eigenvalue weighted by molar-refractivity contribution is -0.139. The Labute approximate surface area is 194 Å². The van der Waals surface area contributed by atoms with Crippen LogP contribution >= 0.6 is 11.6 Å². The molecule has 6 nitrogen and oxygen atoms in total. The van der Waals surface area contributed by atoms with Crippen molar-refractivity contribution in [2.75, 3.05) is 33.8 Å². The molecule has 1 aliphatic rings. The van der Waals surface area contributed by atoms with Gasteiger partial charge in [-0.25, -0.2) is 0 Å². The normalized spacial score (nSPS) is 17.9. The Morgan fingerprint density at radius 3 is 2.53 bits per heavy atom. The number of carbonyl (C=O) groups excluding carboxylic acids is 2. The molecule has 2 aromatic carbocycles. The molecule has 1 aliphatic heterocycles. The number of halogens is 1. The summed E-state index contributed by atoms with van der Waals surface area (Å²) in [6, 6.07) is 13.2. The lowest BCUT2D eigenvalue weighted by Gasteiger charge is -2.26. The number of Topliss-reactive ketones (excluding diaryl/α,β-unsaturated/α-hetero) is 1. The standard InChI is InChI=1S/C25H29ClN2O4/c1-4-15-32-20-8-5-7-18(16-20)22-21(23(29)17-9-11-19(26)12-10-17)24(30)25(31)28(22)14-6-13-27(2)3/h5,7-12,16,22,29H,4,6,13-15H2,1-3H3/b23-21-. The first-order valence-electron chi connectivity index (χ1n) is 10.7. The van der Waals surface area contributed by atoms with Crippen LogP contribution in [-0.2, 0) is 9.59 Å². The molecule has 0 aliphatic carbocycles. The molecule has 7 heteroatoms. The van der Waals surface area contributed by atoms with Crippen molar-refractivity contribution in [3.8, 4) is 5.75 Å². The number of carbonyl (C=O) groups is 2. The Balaban J connectivity index is 2.07. The molecule has 2 aromatic rings. The number of amides is 1. The fraction of sp³-hybridized carbons (Fsp3) is 0.360. The van der Waals surface area contributed by atoms with E-state index < -0.39 is 17.7 Å². The van der Waals surface area contributed by atoms with E-state index in [-0.39, 0.29) is 11.3 Å². The minimum atomic E-state index is -0.696. The zero-order chi connectivity index (χ0) is 23.3. The van der Waals surface area contributed by atoms with E-state index in [9.17, 15) is 14.7 Å². The summed E-state index contributed by atoms with van der Waals surface area (Å²) in [4.78, 5) is 29.6. The smallest absolute Gasteiger partial charge is 0.295 e. The second kappa shape index (κ2) is 10.7. The molecule has 3 rings (SSSR count). The molecule has 1 atom stereocenters. The average molecular weight is 457 g/mol. The summed E-state index contributed by atoms with van der Waals surface area (Å²) < 4.78 is 5.76. The number of likely N-dealkylation sites (tertiary alicyclic amines) is 1. The van der Waals surface area contributed by atoms with Crippen LogP contribution in [0.4, 0.5) is 0 Å². The van der Waals surface area contributed by atoms with Crippen molar-refractivity contribution in [2.45, 2.75) is 25.8 Å². The minimum absolute atomic E-state index is 0.0785. The third-order valence-corrected chi connectivity index (χ3v) is 5.56. The van der Waals surface area contributed by atoms with Gasteiger partial charge in [0.1, 0.15) is 11.5 Å². The van der Waals surface area contributed by atoms with Crippen LogP contribution in [0.25, 0.3) is 5.76 Å². The van der Waals surface area contributed by atoms with Crippen LogP contribution < -0.4 is 4.74 Å². The zero-order valence-electron chi connectivity index (χ0n) is 18.7. The van der Waals surface area contributed by atoms with Crippen LogP contribution in [0.1, 0.15) is 36.9 Å². The fourth-order valence-electron chi connectivity index (χ4n) is 3.77. The highest BCUT2D eigenvalue weighted by molar-refractivity contribution is 6.46. The lowest BCUT2D eigenvalue weighted by Crippen LogP contribution is -2.32. The first kappa shape index (κ1) is 23.8. The molecule has 170 valence electrons. The predicted octanol–water partition coefficient (Wildman–Crippen LogP) is 4.50. The lowest BCUT2D eigenvalue weighted by atomic mass is 9.95. The Hall–Kier alpha value is -2.83. The third-order valence-electron chi connectivity index (χ3n) is 5.31. The number of hydrogen-bond donors (Lipinski definition) is 1. The maximum atomic E-state index is 13.1. The Morgan fingerprint density at radius 2 is 1.88 bits per heavy atom. The van der Waals surface area contributed by atoms with Crippen molar-refractivity contribution >= 4 is 29.1 Å². The molecule has 1 amide bonds. The Kier molecular flexibility index (Phi) is 7.94. The number of nitrogens with zero attached hydrogens (tertiary/aromatic N) is 2. The summed E-state index contributed by atoms with van der Waals surface area (Å²) in [6.45, 7) is 3.75. The quantitative estimate of drug-likeness (QED) is 0.341. The highest BCUT2D eigenvalue weighted by Gasteiger charge is 2.45. The van der Waals surface area contributed by atoms with Crippen LogP contribution in [0, 0.1) is 0 Å². The van der Waals surface area contributed by atoms with Crippen molar-refractivity contribution in [3.63, 3.8) is 0 Å². The van der Waals surface area contributed by atoms with Gasteiger partial charge in [0, 0.05) is 17.1 Å². The summed E-state index contributed by atoms with van der Waals surface area (Å²) in [5.74, 6) is -0.842. The number of ketones is 1. The number of rotatable bonds is 9. The van der Waals surface area contributed by atoms with E-state index in [1.807, 2.05) is 50.2 Å². The van der Waals surface area contributed by atoms with Gasteiger partial charge in [-0.1, -0.05) is 30.7 Å². The van der Waals surface area contributed by atoms with Gasteiger partial charge in [0.05, 0.1) is 18.2 Å². The van der Waals surface area contributed by atoms with Gasteiger partial charge in [-0.2, -0.15) is 0 Å². The molecule has 0 aromatic heterocycles. The highest BCUT2D eigenvalue weighted by Crippen LogP contribution is 2.40. The second-order valence-electron chi connectivity index (χ2n) is 8.08. The third kappa shape index (κ3) is 5.31. The van der Waals surface area contributed by atoms with Crippen LogP contribution in [0.3, 0.4) is 0 Å². The summed E-state index contributed by atoms with van der Waals surface area (Å²) >= 11 is 5.97. The molecule has 1 fully saturated rings. The maximum Gasteiger partial charge on any atom is 0.295 e. The van der Waals surface area contributed by atoms with E-state index in [1.54, 1.807) is 29.2 Å². The van der Waals surface area contributed by atoms with Gasteiger partial charge in [0.2, 0.25) is 0 Å². The summed E-state index contributed by atoms with van der Waals surface area (Å²) in [5.41, 5.74) is 1.23. The van der Waals surface area contributed by atoms with E-state index in [2.05, 4.69) is 0 Å². The van der Waals surface area contributed by atoms with E-state index in [4.69, 9.17) is 16.3 Å². The summed E-state index contributed by atoms with van der Waals surface area (Å²) in [5, 5.41) is 11.6. The number of benzene rings is 2. The summed E-state index contributed by atoms with van der Waals surface area (Å²) in [6.07, 6.45) is 1.56. The van der Waals surface area contributed by atoms with Gasteiger partial charge in [-0.15, -0.1) is 0 Å². The first-order valence-corrected chi connectivity index (χ1v) is 11.1. The van der Waals surface area contributed by atoms with Crippen molar-refractivity contribution in [2.24, 2.45) is 0 Å². The van der Waals surface area contributed by atoms with Gasteiger partial charge in [0.15, 0.2) is 0 Å². The fourth-order valence-corrected chi connectivity index (χ4v) is 3.90. The molecule has 1 N–H and O–H groups in total. The summed E-state index contributed by atoms with van der Waals surface area (Å²) in [7, 11) is 3.92. The van der Waals surface area contributed by atoms with E-state index in [0.717, 1.165) is 18.5 Å². The molecule has 1 heterocycles. The molecular weight excluding hydrogens is 428 g/mol. The average Bonchev–Trinajstić information content (AvgIpc) is 3.02. The van der Waals surface area contributed by atoms with Crippen molar-refractivity contribution in [3.05, 3.63) is 70.3 Å². The highest BCUT2D eigenvalue weighted by atomic mass is 35.5. The zero-order valence-corrected chi connectivity index (χ0v) is 19.4. The SMILES string of the molecule is CCCOc1cccc(C2/C(=C(/O)c3ccc(Cl)cc3)C(=O)C(=O)N2CCCN(C)C)c1. The molecule has 0 radical (unpaired) electrons. The maximum absolute atomic E-state index is 13.1. The van der Waals surface area contributed by atoms with Crippen molar-refractivity contribution in [1.82, 2.24) is 9.80 Å². The Bertz CT molecular complexity index is 1000. The predicted molar refractivity (Wildman–Crippen MR) is 126 cm³/mol. The Morgan fingerprint density at radius 1 is 1.16 bits per heavy atom. The molecule has 0 bridgehead atoms. The van der Waals surface area contributed by atoms with E-state index in [0.29, 0.717) is 35.9 Å². The van der Waals surface area contributed by atoms with Crippen LogP contribution in [0.15, 0.2) is 54.1 Å². The van der Waals surface area contributed by atoms with Gasteiger partial charge in [-0.3, -0.25) is 9.59 Å². The van der Waals surface area contributed by atoms with E-state index in [1.165, 1.54) is 0 Å². The van der Waals surface area contributed by atoms with E-state index >= 15 is 0 Å². The monoisotopic (exact) mass is 456 g/mol.